The molecule has 2 aromatic heterocycles. The van der Waals surface area contributed by atoms with Gasteiger partial charge in [-0.3, -0.25) is 9.78 Å². The molecule has 0 amide bonds. The van der Waals surface area contributed by atoms with Gasteiger partial charge in [0.05, 0.1) is 24.6 Å². The maximum absolute atomic E-state index is 13.0. The summed E-state index contributed by atoms with van der Waals surface area (Å²) in [4.78, 5) is 15.5. The van der Waals surface area contributed by atoms with Crippen LogP contribution in [-0.4, -0.2) is 27.9 Å². The van der Waals surface area contributed by atoms with Crippen LogP contribution in [0.3, 0.4) is 0 Å². The zero-order valence-electron chi connectivity index (χ0n) is 10.2. The molecule has 0 radical (unpaired) electrons. The Labute approximate surface area is 109 Å². The smallest absolute Gasteiger partial charge is 0.269 e. The summed E-state index contributed by atoms with van der Waals surface area (Å²) in [5.74, 6) is -0.438. The van der Waals surface area contributed by atoms with E-state index in [1.807, 2.05) is 0 Å². The second kappa shape index (κ2) is 6.05. The topological polar surface area (TPSA) is 85.8 Å². The van der Waals surface area contributed by atoms with Gasteiger partial charge in [0, 0.05) is 25.4 Å². The minimum atomic E-state index is -0.438. The number of rotatable bonds is 5. The largest absolute Gasteiger partial charge is 0.382 e. The molecule has 19 heavy (non-hydrogen) atoms. The Morgan fingerprint density at radius 1 is 1.32 bits per heavy atom. The lowest BCUT2D eigenvalue weighted by atomic mass is 10.3. The van der Waals surface area contributed by atoms with E-state index in [-0.39, 0.29) is 12.1 Å². The Hall–Kier alpha value is -2.28. The van der Waals surface area contributed by atoms with Crippen LogP contribution < -0.4 is 16.6 Å². The van der Waals surface area contributed by atoms with E-state index in [0.717, 1.165) is 6.20 Å². The molecule has 2 rings (SSSR count). The predicted octanol–water partition coefficient (Wildman–Crippen LogP) is 0.196. The highest BCUT2D eigenvalue weighted by atomic mass is 19.1. The Morgan fingerprint density at radius 2 is 2.16 bits per heavy atom. The third kappa shape index (κ3) is 3.59. The SMILES string of the molecule is NCCNc1cnn(Cc2cncc(F)c2)c(=O)c1. The number of anilines is 1. The molecular formula is C12H14FN5O. The second-order valence-electron chi connectivity index (χ2n) is 3.97. The van der Waals surface area contributed by atoms with Crippen LogP contribution in [0.2, 0.25) is 0 Å². The van der Waals surface area contributed by atoms with Crippen molar-refractivity contribution in [3.05, 3.63) is 52.5 Å². The van der Waals surface area contributed by atoms with Gasteiger partial charge in [0.2, 0.25) is 0 Å². The summed E-state index contributed by atoms with van der Waals surface area (Å²) in [5.41, 5.74) is 6.28. The molecule has 0 saturated heterocycles. The molecule has 100 valence electrons. The van der Waals surface area contributed by atoms with Gasteiger partial charge in [0.25, 0.3) is 5.56 Å². The molecule has 0 aliphatic carbocycles. The lowest BCUT2D eigenvalue weighted by Gasteiger charge is -2.07. The van der Waals surface area contributed by atoms with Crippen molar-refractivity contribution in [1.82, 2.24) is 14.8 Å². The van der Waals surface area contributed by atoms with E-state index in [1.165, 1.54) is 29.2 Å². The summed E-state index contributed by atoms with van der Waals surface area (Å²) in [6.45, 7) is 1.22. The van der Waals surface area contributed by atoms with Gasteiger partial charge in [-0.15, -0.1) is 0 Å². The van der Waals surface area contributed by atoms with Crippen molar-refractivity contribution in [1.29, 1.82) is 0 Å². The number of hydrogen-bond donors (Lipinski definition) is 2. The molecule has 2 heterocycles. The molecule has 0 atom stereocenters. The van der Waals surface area contributed by atoms with Gasteiger partial charge in [0.1, 0.15) is 5.82 Å². The standard InChI is InChI=1S/C12H14FN5O/c13-10-3-9(5-15-6-10)8-18-12(19)4-11(7-17-18)16-2-1-14/h3-7,16H,1-2,8,14H2. The van der Waals surface area contributed by atoms with Crippen molar-refractivity contribution < 1.29 is 4.39 Å². The average molecular weight is 263 g/mol. The molecule has 3 N–H and O–H groups in total. The lowest BCUT2D eigenvalue weighted by molar-refractivity contribution is 0.603. The van der Waals surface area contributed by atoms with Crippen LogP contribution >= 0.6 is 0 Å². The van der Waals surface area contributed by atoms with Crippen LogP contribution in [0.5, 0.6) is 0 Å². The van der Waals surface area contributed by atoms with Crippen LogP contribution in [0.4, 0.5) is 10.1 Å². The number of hydrogen-bond acceptors (Lipinski definition) is 5. The lowest BCUT2D eigenvalue weighted by Crippen LogP contribution is -2.24. The van der Waals surface area contributed by atoms with Crippen molar-refractivity contribution in [2.75, 3.05) is 18.4 Å². The Balaban J connectivity index is 2.15. The van der Waals surface area contributed by atoms with Crippen LogP contribution in [-0.2, 0) is 6.54 Å². The van der Waals surface area contributed by atoms with Crippen LogP contribution in [0.1, 0.15) is 5.56 Å². The van der Waals surface area contributed by atoms with E-state index in [1.54, 1.807) is 0 Å². The maximum Gasteiger partial charge on any atom is 0.269 e. The molecule has 0 aromatic carbocycles. The monoisotopic (exact) mass is 263 g/mol. The summed E-state index contributed by atoms with van der Waals surface area (Å²) in [6, 6.07) is 2.75. The molecule has 0 fully saturated rings. The summed E-state index contributed by atoms with van der Waals surface area (Å²) < 4.78 is 14.2. The van der Waals surface area contributed by atoms with Crippen molar-refractivity contribution in [2.24, 2.45) is 5.73 Å². The van der Waals surface area contributed by atoms with E-state index >= 15 is 0 Å². The van der Waals surface area contributed by atoms with Gasteiger partial charge in [-0.2, -0.15) is 5.10 Å². The highest BCUT2D eigenvalue weighted by Crippen LogP contribution is 2.03. The maximum atomic E-state index is 13.0. The molecule has 0 bridgehead atoms. The number of nitrogens with one attached hydrogen (secondary N) is 1. The molecule has 0 aliphatic rings. The minimum absolute atomic E-state index is 0.181. The first kappa shape index (κ1) is 13.2. The fraction of sp³-hybridized carbons (Fsp3) is 0.250. The number of nitrogens with two attached hydrogens (primary N) is 1. The number of nitrogens with zero attached hydrogens (tertiary/aromatic N) is 3. The molecule has 6 nitrogen and oxygen atoms in total. The molecule has 0 saturated carbocycles. The Bertz CT molecular complexity index is 613. The molecule has 7 heteroatoms. The molecule has 0 unspecified atom stereocenters. The van der Waals surface area contributed by atoms with Gasteiger partial charge in [-0.25, -0.2) is 9.07 Å². The molecule has 2 aromatic rings. The third-order valence-corrected chi connectivity index (χ3v) is 2.44. The van der Waals surface area contributed by atoms with E-state index in [4.69, 9.17) is 5.73 Å². The zero-order chi connectivity index (χ0) is 13.7. The van der Waals surface area contributed by atoms with Crippen molar-refractivity contribution >= 4 is 5.69 Å². The normalized spacial score (nSPS) is 10.4. The summed E-state index contributed by atoms with van der Waals surface area (Å²) in [6.07, 6.45) is 4.14. The van der Waals surface area contributed by atoms with Crippen molar-refractivity contribution in [2.45, 2.75) is 6.54 Å². The number of pyridine rings is 1. The average Bonchev–Trinajstić information content (AvgIpc) is 2.39. The third-order valence-electron chi connectivity index (χ3n) is 2.44. The van der Waals surface area contributed by atoms with Gasteiger partial charge < -0.3 is 11.1 Å². The van der Waals surface area contributed by atoms with E-state index in [0.29, 0.717) is 24.3 Å². The first-order chi connectivity index (χ1) is 9.19. The zero-order valence-corrected chi connectivity index (χ0v) is 10.2. The Kier molecular flexibility index (Phi) is 4.19. The van der Waals surface area contributed by atoms with Crippen LogP contribution in [0.15, 0.2) is 35.5 Å². The highest BCUT2D eigenvalue weighted by molar-refractivity contribution is 5.38. The minimum Gasteiger partial charge on any atom is -0.382 e. The quantitative estimate of drug-likeness (QED) is 0.804. The second-order valence-corrected chi connectivity index (χ2v) is 3.97. The number of aromatic nitrogens is 3. The van der Waals surface area contributed by atoms with E-state index < -0.39 is 5.82 Å². The van der Waals surface area contributed by atoms with Crippen molar-refractivity contribution in [3.63, 3.8) is 0 Å². The van der Waals surface area contributed by atoms with Crippen molar-refractivity contribution in [3.8, 4) is 0 Å². The molecular weight excluding hydrogens is 249 g/mol. The first-order valence-corrected chi connectivity index (χ1v) is 5.79. The summed E-state index contributed by atoms with van der Waals surface area (Å²) in [5, 5.41) is 6.97. The van der Waals surface area contributed by atoms with Gasteiger partial charge in [-0.05, 0) is 11.6 Å². The summed E-state index contributed by atoms with van der Waals surface area (Å²) in [7, 11) is 0. The van der Waals surface area contributed by atoms with Gasteiger partial charge >= 0.3 is 0 Å². The highest BCUT2D eigenvalue weighted by Gasteiger charge is 2.02. The van der Waals surface area contributed by atoms with E-state index in [9.17, 15) is 9.18 Å². The van der Waals surface area contributed by atoms with Crippen LogP contribution in [0.25, 0.3) is 0 Å². The first-order valence-electron chi connectivity index (χ1n) is 5.79. The molecule has 0 spiro atoms. The van der Waals surface area contributed by atoms with Gasteiger partial charge in [0.15, 0.2) is 0 Å². The Morgan fingerprint density at radius 3 is 2.84 bits per heavy atom. The fourth-order valence-corrected chi connectivity index (χ4v) is 1.58. The fourth-order valence-electron chi connectivity index (χ4n) is 1.58. The molecule has 0 aliphatic heterocycles. The van der Waals surface area contributed by atoms with E-state index in [2.05, 4.69) is 15.4 Å². The van der Waals surface area contributed by atoms with Gasteiger partial charge in [-0.1, -0.05) is 0 Å². The van der Waals surface area contributed by atoms with Crippen LogP contribution in [0, 0.1) is 5.82 Å². The number of halogens is 1. The summed E-state index contributed by atoms with van der Waals surface area (Å²) >= 11 is 0. The predicted molar refractivity (Wildman–Crippen MR) is 69.3 cm³/mol.